The fourth-order valence-corrected chi connectivity index (χ4v) is 4.93. The number of ether oxygens (including phenoxy) is 6. The lowest BCUT2D eigenvalue weighted by Gasteiger charge is -2.41. The first-order chi connectivity index (χ1) is 20.9. The van der Waals surface area contributed by atoms with Crippen LogP contribution in [0.5, 0.6) is 28.7 Å². The molecule has 2 aliphatic heterocycles. The fraction of sp³-hybridized carbons (Fsp3) is 0.464. The maximum absolute atomic E-state index is 13.3. The molecule has 2 fully saturated rings. The number of benzene rings is 2. The minimum absolute atomic E-state index is 0.0889. The van der Waals surface area contributed by atoms with Crippen molar-refractivity contribution in [3.05, 3.63) is 40.6 Å². The molecule has 0 saturated carbocycles. The minimum Gasteiger partial charge on any atom is -0.507 e. The lowest BCUT2D eigenvalue weighted by atomic mass is 9.99. The average Bonchev–Trinajstić information content (AvgIpc) is 3.00. The lowest BCUT2D eigenvalue weighted by Crippen LogP contribution is -2.61. The summed E-state index contributed by atoms with van der Waals surface area (Å²) >= 11 is 0. The molecule has 8 N–H and O–H groups in total. The van der Waals surface area contributed by atoms with Crippen molar-refractivity contribution in [1.82, 2.24) is 0 Å². The van der Waals surface area contributed by atoms with E-state index in [0.29, 0.717) is 0 Å². The number of phenols is 2. The Bertz CT molecular complexity index is 1540. The molecule has 0 radical (unpaired) electrons. The van der Waals surface area contributed by atoms with Gasteiger partial charge in [0, 0.05) is 17.7 Å². The molecule has 0 amide bonds. The summed E-state index contributed by atoms with van der Waals surface area (Å²) in [4.78, 5) is 13.3. The molecule has 9 unspecified atom stereocenters. The highest BCUT2D eigenvalue weighted by Gasteiger charge is 2.46. The molecule has 3 heterocycles. The lowest BCUT2D eigenvalue weighted by molar-refractivity contribution is -0.307. The van der Waals surface area contributed by atoms with Gasteiger partial charge in [-0.2, -0.15) is 0 Å². The van der Waals surface area contributed by atoms with Crippen LogP contribution in [0.2, 0.25) is 0 Å². The Morgan fingerprint density at radius 1 is 0.841 bits per heavy atom. The normalized spacial score (nSPS) is 30.7. The number of phenolic OH excluding ortho intramolecular Hbond substituents is 2. The second-order valence-corrected chi connectivity index (χ2v) is 10.2. The molecule has 2 aromatic carbocycles. The predicted octanol–water partition coefficient (Wildman–Crippen LogP) is -1.47. The topological polar surface area (TPSA) is 247 Å². The van der Waals surface area contributed by atoms with Gasteiger partial charge in [-0.15, -0.1) is 0 Å². The van der Waals surface area contributed by atoms with Crippen LogP contribution in [-0.2, 0) is 14.2 Å². The minimum atomic E-state index is -1.80. The molecular weight excluding hydrogens is 592 g/mol. The van der Waals surface area contributed by atoms with E-state index in [9.17, 15) is 45.6 Å². The van der Waals surface area contributed by atoms with Crippen molar-refractivity contribution in [1.29, 1.82) is 0 Å². The van der Waals surface area contributed by atoms with Gasteiger partial charge in [0.1, 0.15) is 65.2 Å². The number of rotatable bonds is 8. The molecule has 3 aromatic rings. The van der Waals surface area contributed by atoms with E-state index < -0.39 is 73.1 Å². The van der Waals surface area contributed by atoms with Crippen LogP contribution in [-0.4, -0.2) is 124 Å². The molecule has 44 heavy (non-hydrogen) atoms. The van der Waals surface area contributed by atoms with E-state index in [-0.39, 0.29) is 51.9 Å². The maximum Gasteiger partial charge on any atom is 0.239 e. The van der Waals surface area contributed by atoms with Crippen LogP contribution in [0.1, 0.15) is 0 Å². The maximum atomic E-state index is 13.3. The van der Waals surface area contributed by atoms with Crippen molar-refractivity contribution in [2.75, 3.05) is 27.4 Å². The monoisotopic (exact) mass is 624 g/mol. The standard InChI is InChI=1S/C28H32O16/c1-38-15-4-3-10(5-12(15)29)25-26(39-2)21(34)18-13(30)6-11(7-16(18)43-25)42-28-24(37)22(35)20(33)17(44-28)9-41-27-23(36)19(32)14(31)8-40-27/h3-7,14,17,19-20,22-24,27-33,35-37H,8-9H2,1-2H3. The highest BCUT2D eigenvalue weighted by Crippen LogP contribution is 2.39. The summed E-state index contributed by atoms with van der Waals surface area (Å²) in [7, 11) is 2.60. The van der Waals surface area contributed by atoms with Gasteiger partial charge >= 0.3 is 0 Å². The molecule has 16 nitrogen and oxygen atoms in total. The Labute approximate surface area is 248 Å². The Morgan fingerprint density at radius 2 is 1.57 bits per heavy atom. The summed E-state index contributed by atoms with van der Waals surface area (Å²) in [6.07, 6.45) is -14.2. The summed E-state index contributed by atoms with van der Waals surface area (Å²) in [5.41, 5.74) is -0.673. The molecule has 9 atom stereocenters. The highest BCUT2D eigenvalue weighted by atomic mass is 16.7. The third-order valence-corrected chi connectivity index (χ3v) is 7.35. The van der Waals surface area contributed by atoms with Crippen LogP contribution in [0.15, 0.2) is 39.5 Å². The third-order valence-electron chi connectivity index (χ3n) is 7.35. The van der Waals surface area contributed by atoms with Crippen molar-refractivity contribution < 1.29 is 73.7 Å². The van der Waals surface area contributed by atoms with E-state index in [0.717, 1.165) is 6.07 Å². The molecule has 0 spiro atoms. The molecule has 240 valence electrons. The number of aromatic hydroxyl groups is 2. The van der Waals surface area contributed by atoms with Crippen LogP contribution in [0.3, 0.4) is 0 Å². The van der Waals surface area contributed by atoms with E-state index in [2.05, 4.69) is 0 Å². The van der Waals surface area contributed by atoms with Gasteiger partial charge in [-0.3, -0.25) is 4.79 Å². The van der Waals surface area contributed by atoms with Gasteiger partial charge in [0.15, 0.2) is 23.5 Å². The van der Waals surface area contributed by atoms with Gasteiger partial charge in [-0.05, 0) is 18.2 Å². The summed E-state index contributed by atoms with van der Waals surface area (Å²) < 4.78 is 38.0. The first-order valence-electron chi connectivity index (χ1n) is 13.3. The molecule has 0 bridgehead atoms. The first kappa shape index (κ1) is 31.7. The number of methoxy groups -OCH3 is 2. The number of hydrogen-bond donors (Lipinski definition) is 8. The zero-order valence-corrected chi connectivity index (χ0v) is 23.3. The van der Waals surface area contributed by atoms with Gasteiger partial charge in [-0.1, -0.05) is 0 Å². The Balaban J connectivity index is 1.41. The van der Waals surface area contributed by atoms with Crippen molar-refractivity contribution in [3.63, 3.8) is 0 Å². The van der Waals surface area contributed by atoms with Crippen molar-refractivity contribution >= 4 is 11.0 Å². The Morgan fingerprint density at radius 3 is 2.25 bits per heavy atom. The highest BCUT2D eigenvalue weighted by molar-refractivity contribution is 5.88. The predicted molar refractivity (Wildman–Crippen MR) is 145 cm³/mol. The van der Waals surface area contributed by atoms with Crippen LogP contribution in [0.4, 0.5) is 0 Å². The fourth-order valence-electron chi connectivity index (χ4n) is 4.93. The molecule has 0 aliphatic carbocycles. The zero-order valence-electron chi connectivity index (χ0n) is 23.3. The Kier molecular flexibility index (Phi) is 9.17. The quantitative estimate of drug-likeness (QED) is 0.142. The summed E-state index contributed by atoms with van der Waals surface area (Å²) in [5, 5.41) is 81.7. The number of aliphatic hydroxyl groups is 6. The number of hydrogen-bond acceptors (Lipinski definition) is 16. The van der Waals surface area contributed by atoms with Gasteiger partial charge in [0.2, 0.25) is 17.5 Å². The van der Waals surface area contributed by atoms with E-state index in [1.807, 2.05) is 0 Å². The summed E-state index contributed by atoms with van der Waals surface area (Å²) in [6.45, 7) is -0.843. The SMILES string of the molecule is COc1ccc(-c2oc3cc(OC4OC(COC5OCC(O)C(O)C5O)C(O)C(O)C4O)cc(O)c3c(=O)c2OC)cc1O. The van der Waals surface area contributed by atoms with Crippen LogP contribution < -0.4 is 19.6 Å². The van der Waals surface area contributed by atoms with Crippen LogP contribution in [0, 0.1) is 0 Å². The van der Waals surface area contributed by atoms with Gasteiger partial charge in [-0.25, -0.2) is 0 Å². The second kappa shape index (κ2) is 12.7. The van der Waals surface area contributed by atoms with Crippen molar-refractivity contribution in [2.24, 2.45) is 0 Å². The molecule has 2 aliphatic rings. The molecule has 5 rings (SSSR count). The van der Waals surface area contributed by atoms with Gasteiger partial charge < -0.3 is 73.7 Å². The number of fused-ring (bicyclic) bond motifs is 1. The number of aliphatic hydroxyl groups excluding tert-OH is 6. The first-order valence-corrected chi connectivity index (χ1v) is 13.3. The third kappa shape index (κ3) is 5.86. The zero-order chi connectivity index (χ0) is 31.9. The molecule has 1 aromatic heterocycles. The molecule has 16 heteroatoms. The average molecular weight is 625 g/mol. The van der Waals surface area contributed by atoms with Crippen molar-refractivity contribution in [2.45, 2.75) is 55.3 Å². The van der Waals surface area contributed by atoms with Gasteiger partial charge in [0.05, 0.1) is 27.4 Å². The second-order valence-electron chi connectivity index (χ2n) is 10.2. The largest absolute Gasteiger partial charge is 0.507 e. The van der Waals surface area contributed by atoms with E-state index in [4.69, 9.17) is 32.8 Å². The van der Waals surface area contributed by atoms with Crippen LogP contribution >= 0.6 is 0 Å². The van der Waals surface area contributed by atoms with Crippen molar-refractivity contribution in [3.8, 4) is 40.1 Å². The molecule has 2 saturated heterocycles. The molecular formula is C28H32O16. The summed E-state index contributed by atoms with van der Waals surface area (Å²) in [5.74, 6) is -1.17. The smallest absolute Gasteiger partial charge is 0.239 e. The van der Waals surface area contributed by atoms with E-state index in [1.165, 1.54) is 38.5 Å². The van der Waals surface area contributed by atoms with Crippen LogP contribution in [0.25, 0.3) is 22.3 Å². The van der Waals surface area contributed by atoms with Gasteiger partial charge in [0.25, 0.3) is 0 Å². The van der Waals surface area contributed by atoms with E-state index in [1.54, 1.807) is 0 Å². The van der Waals surface area contributed by atoms with E-state index >= 15 is 0 Å². The summed E-state index contributed by atoms with van der Waals surface area (Å²) in [6, 6.07) is 6.48. The Hall–Kier alpha value is -3.71.